The Labute approximate surface area is 116 Å². The van der Waals surface area contributed by atoms with E-state index in [2.05, 4.69) is 10.2 Å². The van der Waals surface area contributed by atoms with Gasteiger partial charge < -0.3 is 20.7 Å². The van der Waals surface area contributed by atoms with E-state index in [1.807, 2.05) is 7.05 Å². The molecule has 0 aliphatic heterocycles. The van der Waals surface area contributed by atoms with Crippen LogP contribution < -0.4 is 11.1 Å². The van der Waals surface area contributed by atoms with E-state index in [0.29, 0.717) is 19.5 Å². The Morgan fingerprint density at radius 1 is 1.35 bits per heavy atom. The van der Waals surface area contributed by atoms with Gasteiger partial charge >= 0.3 is 0 Å². The molecule has 0 saturated carbocycles. The normalized spacial score (nSPS) is 9.41. The number of methoxy groups -OCH3 is 1. The van der Waals surface area contributed by atoms with Gasteiger partial charge in [-0.1, -0.05) is 0 Å². The van der Waals surface area contributed by atoms with Crippen LogP contribution in [0.1, 0.15) is 12.8 Å². The Kier molecular flexibility index (Phi) is 20.7. The molecule has 5 nitrogen and oxygen atoms in total. The number of halogens is 2. The third-order valence-electron chi connectivity index (χ3n) is 2.10. The Balaban J connectivity index is -0.000000980. The quantitative estimate of drug-likeness (QED) is 0.639. The van der Waals surface area contributed by atoms with E-state index in [9.17, 15) is 4.79 Å². The molecule has 0 aromatic heterocycles. The van der Waals surface area contributed by atoms with E-state index in [-0.39, 0.29) is 30.7 Å². The molecule has 106 valence electrons. The minimum Gasteiger partial charge on any atom is -0.383 e. The molecule has 0 spiro atoms. The number of rotatable bonds is 9. The molecule has 0 radical (unpaired) electrons. The lowest BCUT2D eigenvalue weighted by atomic mass is 10.3. The minimum absolute atomic E-state index is 0. The second-order valence-corrected chi connectivity index (χ2v) is 3.54. The van der Waals surface area contributed by atoms with E-state index < -0.39 is 0 Å². The molecule has 0 aliphatic rings. The van der Waals surface area contributed by atoms with Crippen molar-refractivity contribution in [2.75, 3.05) is 46.9 Å². The van der Waals surface area contributed by atoms with Gasteiger partial charge in [-0.2, -0.15) is 0 Å². The Morgan fingerprint density at radius 3 is 2.53 bits per heavy atom. The molecule has 0 saturated heterocycles. The predicted octanol–water partition coefficient (Wildman–Crippen LogP) is 0.263. The first kappa shape index (κ1) is 22.1. The van der Waals surface area contributed by atoms with Crippen LogP contribution in [-0.2, 0) is 9.53 Å². The molecule has 17 heavy (non-hydrogen) atoms. The first-order chi connectivity index (χ1) is 7.20. The highest BCUT2D eigenvalue weighted by Gasteiger charge is 2.01. The Bertz CT molecular complexity index is 174. The highest BCUT2D eigenvalue weighted by atomic mass is 35.5. The van der Waals surface area contributed by atoms with Crippen molar-refractivity contribution in [2.24, 2.45) is 5.73 Å². The molecule has 0 aromatic rings. The van der Waals surface area contributed by atoms with Gasteiger partial charge in [0.05, 0.1) is 6.61 Å². The third kappa shape index (κ3) is 15.9. The maximum Gasteiger partial charge on any atom is 0.220 e. The summed E-state index contributed by atoms with van der Waals surface area (Å²) >= 11 is 0. The van der Waals surface area contributed by atoms with E-state index in [4.69, 9.17) is 10.5 Å². The lowest BCUT2D eigenvalue weighted by molar-refractivity contribution is -0.121. The van der Waals surface area contributed by atoms with Gasteiger partial charge in [0.1, 0.15) is 0 Å². The molecule has 0 heterocycles. The molecule has 0 fully saturated rings. The lowest BCUT2D eigenvalue weighted by Crippen LogP contribution is -2.34. The van der Waals surface area contributed by atoms with E-state index in [0.717, 1.165) is 26.1 Å². The zero-order valence-corrected chi connectivity index (χ0v) is 12.2. The minimum atomic E-state index is 0. The van der Waals surface area contributed by atoms with Crippen molar-refractivity contribution < 1.29 is 9.53 Å². The number of nitrogens with two attached hydrogens (primary N) is 1. The first-order valence-electron chi connectivity index (χ1n) is 5.35. The van der Waals surface area contributed by atoms with Crippen LogP contribution in [0, 0.1) is 0 Å². The van der Waals surface area contributed by atoms with Crippen LogP contribution in [0.2, 0.25) is 0 Å². The second-order valence-electron chi connectivity index (χ2n) is 3.54. The summed E-state index contributed by atoms with van der Waals surface area (Å²) in [5, 5.41) is 2.85. The zero-order valence-electron chi connectivity index (χ0n) is 10.6. The molecule has 0 aliphatic carbocycles. The van der Waals surface area contributed by atoms with Crippen LogP contribution >= 0.6 is 24.8 Å². The molecule has 1 amide bonds. The average molecular weight is 290 g/mol. The molecule has 0 bridgehead atoms. The van der Waals surface area contributed by atoms with Crippen LogP contribution in [0.15, 0.2) is 0 Å². The van der Waals surface area contributed by atoms with Gasteiger partial charge in [-0.25, -0.2) is 0 Å². The van der Waals surface area contributed by atoms with Crippen molar-refractivity contribution >= 4 is 30.7 Å². The fourth-order valence-electron chi connectivity index (χ4n) is 1.10. The molecule has 0 rings (SSSR count). The molecule has 0 atom stereocenters. The van der Waals surface area contributed by atoms with Crippen molar-refractivity contribution in [3.63, 3.8) is 0 Å². The first-order valence-corrected chi connectivity index (χ1v) is 5.35. The fraction of sp³-hybridized carbons (Fsp3) is 0.900. The van der Waals surface area contributed by atoms with Gasteiger partial charge in [0.2, 0.25) is 5.91 Å². The van der Waals surface area contributed by atoms with E-state index >= 15 is 0 Å². The number of amides is 1. The lowest BCUT2D eigenvalue weighted by Gasteiger charge is -2.16. The monoisotopic (exact) mass is 289 g/mol. The molecular formula is C10H25Cl2N3O2. The van der Waals surface area contributed by atoms with Crippen molar-refractivity contribution in [2.45, 2.75) is 12.8 Å². The van der Waals surface area contributed by atoms with Crippen LogP contribution in [0.5, 0.6) is 0 Å². The summed E-state index contributed by atoms with van der Waals surface area (Å²) in [6.07, 6.45) is 1.28. The summed E-state index contributed by atoms with van der Waals surface area (Å²) in [4.78, 5) is 13.3. The number of hydrogen-bond acceptors (Lipinski definition) is 4. The molecule has 0 unspecified atom stereocenters. The van der Waals surface area contributed by atoms with Gasteiger partial charge in [0.15, 0.2) is 0 Å². The second kappa shape index (κ2) is 15.9. The highest BCUT2D eigenvalue weighted by molar-refractivity contribution is 5.85. The largest absolute Gasteiger partial charge is 0.383 e. The maximum atomic E-state index is 11.2. The zero-order chi connectivity index (χ0) is 11.5. The topological polar surface area (TPSA) is 67.6 Å². The predicted molar refractivity (Wildman–Crippen MR) is 75.2 cm³/mol. The van der Waals surface area contributed by atoms with Crippen molar-refractivity contribution in [1.29, 1.82) is 0 Å². The number of hydrogen-bond donors (Lipinski definition) is 2. The summed E-state index contributed by atoms with van der Waals surface area (Å²) in [7, 11) is 3.69. The summed E-state index contributed by atoms with van der Waals surface area (Å²) in [5.41, 5.74) is 5.31. The summed E-state index contributed by atoms with van der Waals surface area (Å²) in [6, 6.07) is 0. The fourth-order valence-corrected chi connectivity index (χ4v) is 1.10. The Hall–Kier alpha value is -0.0700. The van der Waals surface area contributed by atoms with Crippen molar-refractivity contribution in [3.8, 4) is 0 Å². The Morgan fingerprint density at radius 2 is 2.00 bits per heavy atom. The van der Waals surface area contributed by atoms with Gasteiger partial charge in [-0.05, 0) is 20.0 Å². The highest BCUT2D eigenvalue weighted by Crippen LogP contribution is 1.86. The van der Waals surface area contributed by atoms with E-state index in [1.165, 1.54) is 0 Å². The molecular weight excluding hydrogens is 265 g/mol. The van der Waals surface area contributed by atoms with Crippen LogP contribution in [-0.4, -0.2) is 57.8 Å². The number of nitrogens with one attached hydrogen (secondary N) is 1. The van der Waals surface area contributed by atoms with Gasteiger partial charge in [0, 0.05) is 33.2 Å². The van der Waals surface area contributed by atoms with Crippen LogP contribution in [0.25, 0.3) is 0 Å². The smallest absolute Gasteiger partial charge is 0.220 e. The van der Waals surface area contributed by atoms with Crippen LogP contribution in [0.4, 0.5) is 0 Å². The standard InChI is InChI=1S/C10H23N3O2.2ClH/c1-13(8-9-15-2)7-6-12-10(14)4-3-5-11;;/h3-9,11H2,1-2H3,(H,12,14);2*1H. The maximum absolute atomic E-state index is 11.2. The average Bonchev–Trinajstić information content (AvgIpc) is 2.23. The van der Waals surface area contributed by atoms with Crippen LogP contribution in [0.3, 0.4) is 0 Å². The number of carbonyl (C=O) groups excluding carboxylic acids is 1. The third-order valence-corrected chi connectivity index (χ3v) is 2.10. The molecule has 0 aromatic carbocycles. The van der Waals surface area contributed by atoms with Gasteiger partial charge in [0.25, 0.3) is 0 Å². The summed E-state index contributed by atoms with van der Waals surface area (Å²) in [5.74, 6) is 0.0839. The summed E-state index contributed by atoms with van der Waals surface area (Å²) < 4.78 is 4.95. The van der Waals surface area contributed by atoms with Gasteiger partial charge in [-0.15, -0.1) is 24.8 Å². The number of carbonyl (C=O) groups is 1. The number of ether oxygens (including phenoxy) is 1. The number of likely N-dealkylation sites (N-methyl/N-ethyl adjacent to an activating group) is 1. The van der Waals surface area contributed by atoms with Crippen molar-refractivity contribution in [3.05, 3.63) is 0 Å². The SMILES string of the molecule is COCCN(C)CCNC(=O)CCCN.Cl.Cl. The van der Waals surface area contributed by atoms with E-state index in [1.54, 1.807) is 7.11 Å². The van der Waals surface area contributed by atoms with Gasteiger partial charge in [-0.3, -0.25) is 4.79 Å². The summed E-state index contributed by atoms with van der Waals surface area (Å²) in [6.45, 7) is 3.70. The number of nitrogens with zero attached hydrogens (tertiary/aromatic N) is 1. The molecule has 7 heteroatoms. The molecule has 3 N–H and O–H groups in total. The van der Waals surface area contributed by atoms with Crippen molar-refractivity contribution in [1.82, 2.24) is 10.2 Å².